The summed E-state index contributed by atoms with van der Waals surface area (Å²) in [6.07, 6.45) is 0.0518. The lowest BCUT2D eigenvalue weighted by molar-refractivity contribution is -0.137. The average Bonchev–Trinajstić information content (AvgIpc) is 3.05. The smallest absolute Gasteiger partial charge is 0.278 e. The highest BCUT2D eigenvalue weighted by atomic mass is 16.5. The van der Waals surface area contributed by atoms with Gasteiger partial charge in [-0.3, -0.25) is 14.5 Å². The molecule has 3 aromatic carbocycles. The van der Waals surface area contributed by atoms with Crippen LogP contribution in [0.2, 0.25) is 0 Å². The minimum atomic E-state index is -0.303. The number of rotatable bonds is 7. The third-order valence-electron chi connectivity index (χ3n) is 5.32. The summed E-state index contributed by atoms with van der Waals surface area (Å²) in [5.41, 5.74) is 3.19. The molecule has 1 aliphatic rings. The molecule has 0 saturated heterocycles. The predicted octanol–water partition coefficient (Wildman–Crippen LogP) is 4.89. The second-order valence-electron chi connectivity index (χ2n) is 7.99. The average molecular weight is 427 g/mol. The topological polar surface area (TPSA) is 49.9 Å². The summed E-state index contributed by atoms with van der Waals surface area (Å²) in [5.74, 6) is 0.122. The van der Waals surface area contributed by atoms with Crippen LogP contribution < -0.4 is 9.64 Å². The van der Waals surface area contributed by atoms with Crippen LogP contribution in [0.25, 0.3) is 5.57 Å². The van der Waals surface area contributed by atoms with Crippen LogP contribution in [0.1, 0.15) is 25.0 Å². The Hall–Kier alpha value is -3.86. The minimum Gasteiger partial charge on any atom is -0.491 e. The van der Waals surface area contributed by atoms with Crippen LogP contribution in [0.15, 0.2) is 90.6 Å². The zero-order chi connectivity index (χ0) is 22.7. The van der Waals surface area contributed by atoms with Crippen LogP contribution in [0, 0.1) is 0 Å². The van der Waals surface area contributed by atoms with Gasteiger partial charge in [0.25, 0.3) is 11.8 Å². The van der Waals surface area contributed by atoms with Crippen molar-refractivity contribution < 1.29 is 14.3 Å². The molecule has 0 saturated carbocycles. The lowest BCUT2D eigenvalue weighted by Crippen LogP contribution is -2.33. The first-order valence-electron chi connectivity index (χ1n) is 10.7. The molecule has 3 aromatic rings. The molecule has 0 N–H and O–H groups in total. The highest BCUT2D eigenvalue weighted by Gasteiger charge is 2.41. The molecule has 0 bridgehead atoms. The van der Waals surface area contributed by atoms with E-state index in [0.717, 1.165) is 17.0 Å². The van der Waals surface area contributed by atoms with E-state index in [9.17, 15) is 9.59 Å². The maximum absolute atomic E-state index is 13.5. The summed E-state index contributed by atoms with van der Waals surface area (Å²) in [5, 5.41) is 0. The molecule has 2 amide bonds. The Labute approximate surface area is 188 Å². The van der Waals surface area contributed by atoms with Crippen LogP contribution in [-0.2, 0) is 16.1 Å². The van der Waals surface area contributed by atoms with Gasteiger partial charge < -0.3 is 9.64 Å². The van der Waals surface area contributed by atoms with E-state index < -0.39 is 0 Å². The van der Waals surface area contributed by atoms with Gasteiger partial charge in [0.2, 0.25) is 0 Å². The molecule has 5 nitrogen and oxygen atoms in total. The highest BCUT2D eigenvalue weighted by Crippen LogP contribution is 2.34. The first-order valence-corrected chi connectivity index (χ1v) is 10.7. The van der Waals surface area contributed by atoms with E-state index in [4.69, 9.17) is 4.74 Å². The van der Waals surface area contributed by atoms with Gasteiger partial charge in [0.1, 0.15) is 11.4 Å². The molecule has 32 heavy (non-hydrogen) atoms. The van der Waals surface area contributed by atoms with Gasteiger partial charge in [0.05, 0.1) is 18.2 Å². The van der Waals surface area contributed by atoms with Crippen LogP contribution >= 0.6 is 0 Å². The quantitative estimate of drug-likeness (QED) is 0.505. The van der Waals surface area contributed by atoms with Gasteiger partial charge in [-0.25, -0.2) is 0 Å². The van der Waals surface area contributed by atoms with Crippen molar-refractivity contribution in [3.63, 3.8) is 0 Å². The van der Waals surface area contributed by atoms with Crippen molar-refractivity contribution in [3.8, 4) is 5.75 Å². The van der Waals surface area contributed by atoms with E-state index in [-0.39, 0.29) is 24.5 Å². The molecule has 0 unspecified atom stereocenters. The van der Waals surface area contributed by atoms with E-state index in [1.54, 1.807) is 4.90 Å². The number of likely N-dealkylation sites (N-methyl/N-ethyl adjacent to an activating group) is 1. The summed E-state index contributed by atoms with van der Waals surface area (Å²) in [6.45, 7) is 4.15. The Morgan fingerprint density at radius 1 is 0.812 bits per heavy atom. The Morgan fingerprint density at radius 3 is 2.00 bits per heavy atom. The summed E-state index contributed by atoms with van der Waals surface area (Å²) < 4.78 is 5.73. The number of anilines is 1. The molecule has 0 atom stereocenters. The monoisotopic (exact) mass is 426 g/mol. The van der Waals surface area contributed by atoms with Gasteiger partial charge in [0, 0.05) is 12.7 Å². The highest BCUT2D eigenvalue weighted by molar-refractivity contribution is 6.36. The van der Waals surface area contributed by atoms with Crippen molar-refractivity contribution in [2.75, 3.05) is 11.9 Å². The minimum absolute atomic E-state index is 0.0518. The van der Waals surface area contributed by atoms with Crippen LogP contribution in [0.5, 0.6) is 5.75 Å². The predicted molar refractivity (Wildman–Crippen MR) is 126 cm³/mol. The van der Waals surface area contributed by atoms with E-state index in [2.05, 4.69) is 0 Å². The fourth-order valence-electron chi connectivity index (χ4n) is 3.80. The Kier molecular flexibility index (Phi) is 6.08. The fraction of sp³-hybridized carbons (Fsp3) is 0.185. The van der Waals surface area contributed by atoms with Gasteiger partial charge >= 0.3 is 0 Å². The number of benzene rings is 3. The summed E-state index contributed by atoms with van der Waals surface area (Å²) in [6, 6.07) is 26.5. The van der Waals surface area contributed by atoms with Crippen molar-refractivity contribution in [2.24, 2.45) is 0 Å². The number of nitrogens with zero attached hydrogens (tertiary/aromatic N) is 2. The lowest BCUT2D eigenvalue weighted by atomic mass is 10.0. The summed E-state index contributed by atoms with van der Waals surface area (Å²) in [7, 11) is 1.82. The van der Waals surface area contributed by atoms with Crippen molar-refractivity contribution >= 4 is 23.1 Å². The number of ether oxygens (including phenoxy) is 1. The van der Waals surface area contributed by atoms with Gasteiger partial charge in [0.15, 0.2) is 0 Å². The zero-order valence-corrected chi connectivity index (χ0v) is 18.5. The number of carbonyl (C=O) groups excluding carboxylic acids is 2. The molecule has 0 fully saturated rings. The molecule has 0 radical (unpaired) electrons. The Bertz CT molecular complexity index is 1140. The molecule has 0 aliphatic carbocycles. The lowest BCUT2D eigenvalue weighted by Gasteiger charge is -2.21. The summed E-state index contributed by atoms with van der Waals surface area (Å²) in [4.78, 5) is 30.1. The first kappa shape index (κ1) is 21.4. The van der Waals surface area contributed by atoms with Gasteiger partial charge in [-0.15, -0.1) is 0 Å². The van der Waals surface area contributed by atoms with Crippen LogP contribution in [0.4, 0.5) is 5.69 Å². The maximum Gasteiger partial charge on any atom is 0.278 e. The van der Waals surface area contributed by atoms with Crippen LogP contribution in [0.3, 0.4) is 0 Å². The first-order chi connectivity index (χ1) is 15.5. The molecule has 1 heterocycles. The number of amides is 2. The second-order valence-corrected chi connectivity index (χ2v) is 7.99. The van der Waals surface area contributed by atoms with Crippen molar-refractivity contribution in [1.29, 1.82) is 0 Å². The SMILES string of the molecule is CC(C)Oc1ccc(C2=C(N(C)c3ccccc3)C(=O)N(Cc3ccccc3)C2=O)cc1. The molecule has 0 spiro atoms. The normalized spacial score (nSPS) is 13.8. The molecule has 1 aliphatic heterocycles. The van der Waals surface area contributed by atoms with Crippen molar-refractivity contribution in [1.82, 2.24) is 4.90 Å². The second kappa shape index (κ2) is 9.10. The third-order valence-corrected chi connectivity index (χ3v) is 5.32. The fourth-order valence-corrected chi connectivity index (χ4v) is 3.80. The van der Waals surface area contributed by atoms with E-state index in [1.165, 1.54) is 4.90 Å². The number of para-hydroxylation sites is 1. The van der Waals surface area contributed by atoms with E-state index in [0.29, 0.717) is 16.8 Å². The Balaban J connectivity index is 1.76. The molecule has 0 aromatic heterocycles. The number of hydrogen-bond donors (Lipinski definition) is 0. The number of hydrogen-bond acceptors (Lipinski definition) is 4. The maximum atomic E-state index is 13.5. The van der Waals surface area contributed by atoms with E-state index in [1.807, 2.05) is 106 Å². The zero-order valence-electron chi connectivity index (χ0n) is 18.5. The number of carbonyl (C=O) groups is 2. The van der Waals surface area contributed by atoms with Gasteiger partial charge in [-0.05, 0) is 49.2 Å². The standard InChI is InChI=1S/C27H26N2O3/c1-19(2)32-23-16-14-21(15-17-23)24-25(28(3)22-12-8-5-9-13-22)27(31)29(26(24)30)18-20-10-6-4-7-11-20/h4-17,19H,18H2,1-3H3. The van der Waals surface area contributed by atoms with Crippen molar-refractivity contribution in [2.45, 2.75) is 26.5 Å². The molecule has 5 heteroatoms. The summed E-state index contributed by atoms with van der Waals surface area (Å²) >= 11 is 0. The van der Waals surface area contributed by atoms with Crippen LogP contribution in [-0.4, -0.2) is 29.9 Å². The largest absolute Gasteiger partial charge is 0.491 e. The molecule has 162 valence electrons. The molecular formula is C27H26N2O3. The molecular weight excluding hydrogens is 400 g/mol. The Morgan fingerprint density at radius 2 is 1.41 bits per heavy atom. The van der Waals surface area contributed by atoms with Gasteiger partial charge in [-0.2, -0.15) is 0 Å². The van der Waals surface area contributed by atoms with E-state index >= 15 is 0 Å². The third kappa shape index (κ3) is 4.28. The molecule has 4 rings (SSSR count). The van der Waals surface area contributed by atoms with Gasteiger partial charge in [-0.1, -0.05) is 60.7 Å². The number of imide groups is 1. The van der Waals surface area contributed by atoms with Crippen molar-refractivity contribution in [3.05, 3.63) is 102 Å².